The van der Waals surface area contributed by atoms with Crippen LogP contribution in [0.4, 0.5) is 5.13 Å². The van der Waals surface area contributed by atoms with Gasteiger partial charge in [0.05, 0.1) is 5.69 Å². The molecule has 2 heterocycles. The Labute approximate surface area is 184 Å². The molecule has 4 rings (SSSR count). The SMILES string of the molecule is Cc1nc(NC(=O)CCc2ccc(-c3ccccc3)o2)sc1Cc1ccc(Cl)cc1. The summed E-state index contributed by atoms with van der Waals surface area (Å²) in [6.45, 7) is 1.96. The van der Waals surface area contributed by atoms with Gasteiger partial charge in [-0.05, 0) is 36.8 Å². The van der Waals surface area contributed by atoms with Crippen LogP contribution in [-0.2, 0) is 17.6 Å². The largest absolute Gasteiger partial charge is 0.461 e. The van der Waals surface area contributed by atoms with Gasteiger partial charge in [0.25, 0.3) is 0 Å². The molecule has 4 aromatic rings. The smallest absolute Gasteiger partial charge is 0.226 e. The standard InChI is InChI=1S/C24H21ClN2O2S/c1-16-22(15-17-7-9-19(25)10-8-17)30-24(26-16)27-23(28)14-12-20-11-13-21(29-20)18-5-3-2-4-6-18/h2-11,13H,12,14-15H2,1H3,(H,26,27,28). The fourth-order valence-electron chi connectivity index (χ4n) is 3.12. The molecule has 0 unspecified atom stereocenters. The highest BCUT2D eigenvalue weighted by Crippen LogP contribution is 2.26. The lowest BCUT2D eigenvalue weighted by Gasteiger charge is -2.01. The zero-order valence-corrected chi connectivity index (χ0v) is 18.1. The van der Waals surface area contributed by atoms with Crippen LogP contribution in [0.5, 0.6) is 0 Å². The number of amides is 1. The maximum Gasteiger partial charge on any atom is 0.226 e. The molecule has 152 valence electrons. The van der Waals surface area contributed by atoms with Crippen molar-refractivity contribution in [2.75, 3.05) is 5.32 Å². The van der Waals surface area contributed by atoms with E-state index >= 15 is 0 Å². The summed E-state index contributed by atoms with van der Waals surface area (Å²) in [6, 6.07) is 21.6. The molecule has 2 aromatic heterocycles. The molecule has 0 bridgehead atoms. The van der Waals surface area contributed by atoms with Gasteiger partial charge in [0.2, 0.25) is 5.91 Å². The molecule has 0 radical (unpaired) electrons. The number of hydrogen-bond donors (Lipinski definition) is 1. The lowest BCUT2D eigenvalue weighted by atomic mass is 10.1. The summed E-state index contributed by atoms with van der Waals surface area (Å²) in [4.78, 5) is 18.0. The number of halogens is 1. The Morgan fingerprint density at radius 3 is 2.60 bits per heavy atom. The summed E-state index contributed by atoms with van der Waals surface area (Å²) in [5.41, 5.74) is 3.12. The fourth-order valence-corrected chi connectivity index (χ4v) is 4.26. The van der Waals surface area contributed by atoms with Gasteiger partial charge in [-0.3, -0.25) is 4.79 Å². The number of furan rings is 1. The van der Waals surface area contributed by atoms with Crippen molar-refractivity contribution in [2.45, 2.75) is 26.2 Å². The molecule has 0 aliphatic carbocycles. The average molecular weight is 437 g/mol. The van der Waals surface area contributed by atoms with Crippen molar-refractivity contribution in [1.29, 1.82) is 0 Å². The average Bonchev–Trinajstić information content (AvgIpc) is 3.36. The Morgan fingerprint density at radius 1 is 1.07 bits per heavy atom. The van der Waals surface area contributed by atoms with Gasteiger partial charge in [-0.25, -0.2) is 4.98 Å². The van der Waals surface area contributed by atoms with Crippen molar-refractivity contribution in [1.82, 2.24) is 4.98 Å². The number of thiazole rings is 1. The molecule has 2 aromatic carbocycles. The summed E-state index contributed by atoms with van der Waals surface area (Å²) in [5, 5.41) is 4.27. The van der Waals surface area contributed by atoms with E-state index < -0.39 is 0 Å². The number of aryl methyl sites for hydroxylation is 2. The minimum atomic E-state index is -0.0699. The molecule has 0 spiro atoms. The number of rotatable bonds is 7. The normalized spacial score (nSPS) is 10.9. The van der Waals surface area contributed by atoms with Crippen molar-refractivity contribution in [3.05, 3.63) is 93.6 Å². The second kappa shape index (κ2) is 9.28. The second-order valence-electron chi connectivity index (χ2n) is 7.01. The third kappa shape index (κ3) is 5.17. The first-order chi connectivity index (χ1) is 14.6. The molecule has 0 fully saturated rings. The van der Waals surface area contributed by atoms with E-state index in [0.29, 0.717) is 18.0 Å². The van der Waals surface area contributed by atoms with Gasteiger partial charge >= 0.3 is 0 Å². The van der Waals surface area contributed by atoms with Crippen LogP contribution in [0.15, 0.2) is 71.1 Å². The zero-order chi connectivity index (χ0) is 20.9. The van der Waals surface area contributed by atoms with Crippen molar-refractivity contribution >= 4 is 34.0 Å². The Kier molecular flexibility index (Phi) is 6.31. The van der Waals surface area contributed by atoms with Crippen molar-refractivity contribution in [2.24, 2.45) is 0 Å². The third-order valence-corrected chi connectivity index (χ3v) is 6.06. The van der Waals surface area contributed by atoms with Crippen LogP contribution in [0, 0.1) is 6.92 Å². The minimum Gasteiger partial charge on any atom is -0.461 e. The number of aromatic nitrogens is 1. The lowest BCUT2D eigenvalue weighted by molar-refractivity contribution is -0.116. The van der Waals surface area contributed by atoms with E-state index in [4.69, 9.17) is 16.0 Å². The summed E-state index contributed by atoms with van der Waals surface area (Å²) in [5.74, 6) is 1.54. The summed E-state index contributed by atoms with van der Waals surface area (Å²) in [6.07, 6.45) is 1.65. The maximum absolute atomic E-state index is 12.4. The van der Waals surface area contributed by atoms with Crippen molar-refractivity contribution < 1.29 is 9.21 Å². The monoisotopic (exact) mass is 436 g/mol. The Balaban J connectivity index is 1.32. The topological polar surface area (TPSA) is 55.1 Å². The molecule has 0 saturated carbocycles. The second-order valence-corrected chi connectivity index (χ2v) is 8.53. The lowest BCUT2D eigenvalue weighted by Crippen LogP contribution is -2.11. The highest BCUT2D eigenvalue weighted by molar-refractivity contribution is 7.15. The van der Waals surface area contributed by atoms with Crippen LogP contribution in [-0.4, -0.2) is 10.9 Å². The molecule has 0 aliphatic heterocycles. The van der Waals surface area contributed by atoms with E-state index in [9.17, 15) is 4.79 Å². The minimum absolute atomic E-state index is 0.0699. The summed E-state index contributed by atoms with van der Waals surface area (Å²) < 4.78 is 5.87. The fraction of sp³-hybridized carbons (Fsp3) is 0.167. The Bertz CT molecular complexity index is 1130. The van der Waals surface area contributed by atoms with Crippen molar-refractivity contribution in [3.8, 4) is 11.3 Å². The van der Waals surface area contributed by atoms with Crippen LogP contribution in [0.1, 0.15) is 28.3 Å². The van der Waals surface area contributed by atoms with E-state index in [1.54, 1.807) is 0 Å². The number of carbonyl (C=O) groups excluding carboxylic acids is 1. The van der Waals surface area contributed by atoms with Gasteiger partial charge in [-0.15, -0.1) is 11.3 Å². The highest BCUT2D eigenvalue weighted by Gasteiger charge is 2.12. The van der Waals surface area contributed by atoms with Crippen LogP contribution in [0.25, 0.3) is 11.3 Å². The molecule has 0 aliphatic rings. The molecule has 1 N–H and O–H groups in total. The number of nitrogens with one attached hydrogen (secondary N) is 1. The van der Waals surface area contributed by atoms with Crippen LogP contribution >= 0.6 is 22.9 Å². The quantitative estimate of drug-likeness (QED) is 0.358. The first kappa shape index (κ1) is 20.4. The van der Waals surface area contributed by atoms with Gasteiger partial charge in [0.15, 0.2) is 5.13 Å². The number of anilines is 1. The van der Waals surface area contributed by atoms with E-state index in [2.05, 4.69) is 10.3 Å². The molecular weight excluding hydrogens is 416 g/mol. The highest BCUT2D eigenvalue weighted by atomic mass is 35.5. The van der Waals surface area contributed by atoms with E-state index in [1.807, 2.05) is 73.7 Å². The summed E-state index contributed by atoms with van der Waals surface area (Å²) >= 11 is 7.46. The number of carbonyl (C=O) groups is 1. The third-order valence-electron chi connectivity index (χ3n) is 4.74. The predicted octanol–water partition coefficient (Wildman–Crippen LogP) is 6.53. The molecule has 1 amide bonds. The Morgan fingerprint density at radius 2 is 1.83 bits per heavy atom. The van der Waals surface area contributed by atoms with Crippen LogP contribution in [0.3, 0.4) is 0 Å². The molecule has 4 nitrogen and oxygen atoms in total. The van der Waals surface area contributed by atoms with Crippen LogP contribution in [0.2, 0.25) is 5.02 Å². The molecule has 30 heavy (non-hydrogen) atoms. The summed E-state index contributed by atoms with van der Waals surface area (Å²) in [7, 11) is 0. The first-order valence-corrected chi connectivity index (χ1v) is 10.9. The molecule has 0 saturated heterocycles. The zero-order valence-electron chi connectivity index (χ0n) is 16.5. The van der Waals surface area contributed by atoms with Crippen molar-refractivity contribution in [3.63, 3.8) is 0 Å². The number of hydrogen-bond acceptors (Lipinski definition) is 4. The van der Waals surface area contributed by atoms with Gasteiger partial charge in [-0.2, -0.15) is 0 Å². The predicted molar refractivity (Wildman–Crippen MR) is 122 cm³/mol. The number of nitrogens with zero attached hydrogens (tertiary/aromatic N) is 1. The molecule has 0 atom stereocenters. The maximum atomic E-state index is 12.4. The van der Waals surface area contributed by atoms with Gasteiger partial charge < -0.3 is 9.73 Å². The first-order valence-electron chi connectivity index (χ1n) is 9.71. The Hall–Kier alpha value is -2.89. The molecule has 6 heteroatoms. The van der Waals surface area contributed by atoms with E-state index in [-0.39, 0.29) is 5.91 Å². The molecular formula is C24H21ClN2O2S. The van der Waals surface area contributed by atoms with Gasteiger partial charge in [0.1, 0.15) is 11.5 Å². The van der Waals surface area contributed by atoms with Gasteiger partial charge in [0, 0.05) is 34.7 Å². The van der Waals surface area contributed by atoms with Gasteiger partial charge in [-0.1, -0.05) is 54.1 Å². The van der Waals surface area contributed by atoms with E-state index in [0.717, 1.165) is 44.7 Å². The number of benzene rings is 2. The van der Waals surface area contributed by atoms with E-state index in [1.165, 1.54) is 11.3 Å². The van der Waals surface area contributed by atoms with Crippen LogP contribution < -0.4 is 5.32 Å².